The van der Waals surface area contributed by atoms with E-state index in [9.17, 15) is 0 Å². The molecule has 1 atom stereocenters. The molecular weight excluding hydrogens is 244 g/mol. The monoisotopic (exact) mass is 256 g/mol. The highest BCUT2D eigenvalue weighted by Crippen LogP contribution is 2.20. The summed E-state index contributed by atoms with van der Waals surface area (Å²) in [5.74, 6) is 0.838. The Labute approximate surface area is 103 Å². The predicted molar refractivity (Wildman–Crippen MR) is 65.8 cm³/mol. The third-order valence-corrected chi connectivity index (χ3v) is 3.52. The summed E-state index contributed by atoms with van der Waals surface area (Å²) in [5.41, 5.74) is 0. The van der Waals surface area contributed by atoms with Crippen molar-refractivity contribution in [2.45, 2.75) is 26.4 Å². The van der Waals surface area contributed by atoms with Crippen molar-refractivity contribution >= 4 is 22.9 Å². The lowest BCUT2D eigenvalue weighted by molar-refractivity contribution is 0.461. The maximum atomic E-state index is 5.69. The Kier molecular flexibility index (Phi) is 3.63. The molecule has 0 amide bonds. The van der Waals surface area contributed by atoms with E-state index >= 15 is 0 Å². The van der Waals surface area contributed by atoms with Crippen LogP contribution in [0.3, 0.4) is 0 Å². The number of nitrogens with zero attached hydrogens (tertiary/aromatic N) is 1. The minimum Gasteiger partial charge on any atom is -0.448 e. The zero-order valence-electron chi connectivity index (χ0n) is 9.16. The molecule has 0 saturated heterocycles. The predicted octanol–water partition coefficient (Wildman–Crippen LogP) is 3.55. The fraction of sp³-hybridized carbons (Fsp3) is 0.364. The van der Waals surface area contributed by atoms with Crippen LogP contribution in [0.4, 0.5) is 0 Å². The molecule has 0 aliphatic carbocycles. The minimum absolute atomic E-state index is 0.225. The van der Waals surface area contributed by atoms with Gasteiger partial charge < -0.3 is 9.73 Å². The first-order valence-corrected chi connectivity index (χ1v) is 6.24. The van der Waals surface area contributed by atoms with Crippen LogP contribution < -0.4 is 5.32 Å². The van der Waals surface area contributed by atoms with Crippen molar-refractivity contribution in [2.75, 3.05) is 0 Å². The van der Waals surface area contributed by atoms with Crippen LogP contribution in [-0.4, -0.2) is 4.98 Å². The van der Waals surface area contributed by atoms with E-state index < -0.39 is 0 Å². The highest BCUT2D eigenvalue weighted by atomic mass is 35.5. The van der Waals surface area contributed by atoms with Crippen LogP contribution in [0, 0.1) is 6.92 Å². The van der Waals surface area contributed by atoms with Crippen LogP contribution in [0.25, 0.3) is 0 Å². The van der Waals surface area contributed by atoms with E-state index in [4.69, 9.17) is 16.0 Å². The smallest absolute Gasteiger partial charge is 0.193 e. The second kappa shape index (κ2) is 4.99. The summed E-state index contributed by atoms with van der Waals surface area (Å²) in [4.78, 5) is 5.56. The van der Waals surface area contributed by atoms with Gasteiger partial charge >= 0.3 is 0 Å². The average molecular weight is 257 g/mol. The molecule has 86 valence electrons. The lowest BCUT2D eigenvalue weighted by Crippen LogP contribution is -2.17. The minimum atomic E-state index is 0.225. The molecule has 1 unspecified atom stereocenters. The van der Waals surface area contributed by atoms with Crippen molar-refractivity contribution in [3.63, 3.8) is 0 Å². The Hall–Kier alpha value is -0.840. The zero-order valence-corrected chi connectivity index (χ0v) is 10.7. The molecule has 0 radical (unpaired) electrons. The first-order chi connectivity index (χ1) is 7.65. The van der Waals surface area contributed by atoms with Gasteiger partial charge in [-0.15, -0.1) is 11.3 Å². The van der Waals surface area contributed by atoms with E-state index in [-0.39, 0.29) is 6.04 Å². The SMILES string of the molecule is Cc1cnc(C(C)NCc2ccc(Cl)o2)s1. The normalized spacial score (nSPS) is 12.9. The average Bonchev–Trinajstić information content (AvgIpc) is 2.84. The largest absolute Gasteiger partial charge is 0.448 e. The lowest BCUT2D eigenvalue weighted by Gasteiger charge is -2.09. The number of halogens is 1. The fourth-order valence-electron chi connectivity index (χ4n) is 1.36. The van der Waals surface area contributed by atoms with E-state index in [1.54, 1.807) is 17.4 Å². The molecule has 0 bridgehead atoms. The maximum Gasteiger partial charge on any atom is 0.193 e. The maximum absolute atomic E-state index is 5.69. The summed E-state index contributed by atoms with van der Waals surface area (Å²) in [6, 6.07) is 3.84. The van der Waals surface area contributed by atoms with Gasteiger partial charge in [0.2, 0.25) is 0 Å². The third-order valence-electron chi connectivity index (χ3n) is 2.22. The Morgan fingerprint density at radius 2 is 2.38 bits per heavy atom. The number of rotatable bonds is 4. The van der Waals surface area contributed by atoms with Crippen LogP contribution in [0.1, 0.15) is 28.6 Å². The number of aryl methyl sites for hydroxylation is 1. The molecule has 2 heterocycles. The summed E-state index contributed by atoms with van der Waals surface area (Å²) in [6.45, 7) is 4.80. The second-order valence-corrected chi connectivity index (χ2v) is 5.26. The molecular formula is C11H13ClN2OS. The van der Waals surface area contributed by atoms with Crippen molar-refractivity contribution in [1.29, 1.82) is 0 Å². The van der Waals surface area contributed by atoms with Gasteiger partial charge in [0.15, 0.2) is 5.22 Å². The number of thiazole rings is 1. The highest BCUT2D eigenvalue weighted by molar-refractivity contribution is 7.11. The van der Waals surface area contributed by atoms with Gasteiger partial charge in [0.1, 0.15) is 10.8 Å². The molecule has 0 aromatic carbocycles. The topological polar surface area (TPSA) is 38.1 Å². The zero-order chi connectivity index (χ0) is 11.5. The van der Waals surface area contributed by atoms with Gasteiger partial charge in [-0.05, 0) is 37.6 Å². The summed E-state index contributed by atoms with van der Waals surface area (Å²) in [7, 11) is 0. The summed E-state index contributed by atoms with van der Waals surface area (Å²) >= 11 is 7.40. The molecule has 2 rings (SSSR count). The molecule has 0 spiro atoms. The first-order valence-electron chi connectivity index (χ1n) is 5.05. The summed E-state index contributed by atoms with van der Waals surface area (Å²) in [5, 5.41) is 4.86. The molecule has 0 aliphatic heterocycles. The molecule has 0 aliphatic rings. The van der Waals surface area contributed by atoms with Crippen LogP contribution in [0.15, 0.2) is 22.7 Å². The Morgan fingerprint density at radius 1 is 1.56 bits per heavy atom. The molecule has 0 fully saturated rings. The van der Waals surface area contributed by atoms with Crippen molar-refractivity contribution in [1.82, 2.24) is 10.3 Å². The van der Waals surface area contributed by atoms with E-state index in [2.05, 4.69) is 24.1 Å². The number of furan rings is 1. The molecule has 0 saturated carbocycles. The van der Waals surface area contributed by atoms with Gasteiger partial charge in [0.25, 0.3) is 0 Å². The lowest BCUT2D eigenvalue weighted by atomic mass is 10.3. The number of hydrogen-bond acceptors (Lipinski definition) is 4. The van der Waals surface area contributed by atoms with Gasteiger partial charge in [-0.25, -0.2) is 4.98 Å². The Balaban J connectivity index is 1.91. The quantitative estimate of drug-likeness (QED) is 0.909. The van der Waals surface area contributed by atoms with Gasteiger partial charge in [-0.1, -0.05) is 0 Å². The third kappa shape index (κ3) is 2.84. The first kappa shape index (κ1) is 11.6. The molecule has 5 heteroatoms. The number of hydrogen-bond donors (Lipinski definition) is 1. The van der Waals surface area contributed by atoms with Crippen molar-refractivity contribution in [2.24, 2.45) is 0 Å². The van der Waals surface area contributed by atoms with Gasteiger partial charge in [0, 0.05) is 11.1 Å². The van der Waals surface area contributed by atoms with Crippen LogP contribution in [0.5, 0.6) is 0 Å². The standard InChI is InChI=1S/C11H13ClN2OS/c1-7-5-14-11(16-7)8(2)13-6-9-3-4-10(12)15-9/h3-5,8,13H,6H2,1-2H3. The molecule has 2 aromatic rings. The van der Waals surface area contributed by atoms with Gasteiger partial charge in [0.05, 0.1) is 12.6 Å². The number of nitrogens with one attached hydrogen (secondary N) is 1. The molecule has 1 N–H and O–H groups in total. The van der Waals surface area contributed by atoms with E-state index in [0.717, 1.165) is 10.8 Å². The number of aromatic nitrogens is 1. The van der Waals surface area contributed by atoms with Crippen molar-refractivity contribution < 1.29 is 4.42 Å². The summed E-state index contributed by atoms with van der Waals surface area (Å²) in [6.07, 6.45) is 1.89. The second-order valence-electron chi connectivity index (χ2n) is 3.62. The van der Waals surface area contributed by atoms with E-state index in [1.807, 2.05) is 12.3 Å². The molecule has 16 heavy (non-hydrogen) atoms. The van der Waals surface area contributed by atoms with Crippen LogP contribution >= 0.6 is 22.9 Å². The molecule has 2 aromatic heterocycles. The Bertz CT molecular complexity index is 466. The van der Waals surface area contributed by atoms with Gasteiger partial charge in [-0.2, -0.15) is 0 Å². The molecule has 3 nitrogen and oxygen atoms in total. The van der Waals surface area contributed by atoms with Crippen molar-refractivity contribution in [3.05, 3.63) is 39.2 Å². The van der Waals surface area contributed by atoms with Crippen molar-refractivity contribution in [3.8, 4) is 0 Å². The Morgan fingerprint density at radius 3 is 2.94 bits per heavy atom. The van der Waals surface area contributed by atoms with E-state index in [1.165, 1.54) is 4.88 Å². The summed E-state index contributed by atoms with van der Waals surface area (Å²) < 4.78 is 5.26. The van der Waals surface area contributed by atoms with Crippen LogP contribution in [0.2, 0.25) is 5.22 Å². The van der Waals surface area contributed by atoms with Crippen LogP contribution in [-0.2, 0) is 6.54 Å². The van der Waals surface area contributed by atoms with Gasteiger partial charge in [-0.3, -0.25) is 0 Å². The fourth-order valence-corrected chi connectivity index (χ4v) is 2.32. The highest BCUT2D eigenvalue weighted by Gasteiger charge is 2.09. The van der Waals surface area contributed by atoms with E-state index in [0.29, 0.717) is 11.8 Å².